The number of rotatable bonds is 8. The van der Waals surface area contributed by atoms with Gasteiger partial charge in [-0.15, -0.1) is 0 Å². The van der Waals surface area contributed by atoms with Crippen LogP contribution in [0.3, 0.4) is 0 Å². The highest BCUT2D eigenvalue weighted by Crippen LogP contribution is 2.37. The minimum atomic E-state index is -4.66. The second-order valence-electron chi connectivity index (χ2n) is 7.65. The van der Waals surface area contributed by atoms with Crippen LogP contribution >= 0.6 is 22.6 Å². The summed E-state index contributed by atoms with van der Waals surface area (Å²) in [6, 6.07) is 17.5. The quantitative estimate of drug-likeness (QED) is 0.168. The Hall–Kier alpha value is -3.52. The normalized spacial score (nSPS) is 11.5. The summed E-state index contributed by atoms with van der Waals surface area (Å²) >= 11 is 2.07. The number of carbonyl (C=O) groups excluding carboxylic acids is 1. The van der Waals surface area contributed by atoms with Crippen LogP contribution in [0.5, 0.6) is 11.5 Å². The zero-order valence-electron chi connectivity index (χ0n) is 19.4. The van der Waals surface area contributed by atoms with Gasteiger partial charge in [0.25, 0.3) is 5.91 Å². The molecule has 0 aliphatic heterocycles. The van der Waals surface area contributed by atoms with E-state index in [9.17, 15) is 23.2 Å². The number of benzene rings is 3. The van der Waals surface area contributed by atoms with Gasteiger partial charge in [-0.1, -0.05) is 36.4 Å². The Morgan fingerprint density at radius 3 is 2.47 bits per heavy atom. The number of ether oxygens (including phenoxy) is 2. The van der Waals surface area contributed by atoms with Gasteiger partial charge in [0.2, 0.25) is 0 Å². The van der Waals surface area contributed by atoms with Gasteiger partial charge in [-0.05, 0) is 83.5 Å². The molecule has 36 heavy (non-hydrogen) atoms. The number of alkyl halides is 3. The molecule has 186 valence electrons. The maximum Gasteiger partial charge on any atom is 0.418 e. The van der Waals surface area contributed by atoms with Gasteiger partial charge in [-0.25, -0.2) is 0 Å². The van der Waals surface area contributed by atoms with Gasteiger partial charge in [0.1, 0.15) is 18.2 Å². The fraction of sp³-hybridized carbons (Fsp3) is 0.185. The molecule has 1 amide bonds. The maximum absolute atomic E-state index is 13.3. The van der Waals surface area contributed by atoms with Crippen LogP contribution in [0.4, 0.5) is 18.9 Å². The van der Waals surface area contributed by atoms with Gasteiger partial charge in [0.05, 0.1) is 21.4 Å². The molecule has 0 bridgehead atoms. The topological polar surface area (TPSA) is 71.3 Å². The van der Waals surface area contributed by atoms with E-state index in [-0.39, 0.29) is 5.57 Å². The molecule has 3 aromatic carbocycles. The number of nitriles is 1. The Morgan fingerprint density at radius 2 is 1.81 bits per heavy atom. The first kappa shape index (κ1) is 27.1. The van der Waals surface area contributed by atoms with E-state index >= 15 is 0 Å². The van der Waals surface area contributed by atoms with Gasteiger partial charge in [0.15, 0.2) is 11.5 Å². The van der Waals surface area contributed by atoms with Crippen molar-refractivity contribution < 1.29 is 27.4 Å². The van der Waals surface area contributed by atoms with E-state index in [0.717, 1.165) is 23.3 Å². The van der Waals surface area contributed by atoms with Crippen molar-refractivity contribution in [1.29, 1.82) is 5.26 Å². The Kier molecular flexibility index (Phi) is 8.98. The summed E-state index contributed by atoms with van der Waals surface area (Å²) < 4.78 is 52.2. The fourth-order valence-electron chi connectivity index (χ4n) is 3.34. The summed E-state index contributed by atoms with van der Waals surface area (Å²) in [5.41, 5.74) is 0.768. The van der Waals surface area contributed by atoms with Crippen LogP contribution in [0.25, 0.3) is 6.08 Å². The third-order valence-corrected chi connectivity index (χ3v) is 5.92. The van der Waals surface area contributed by atoms with Crippen LogP contribution in [-0.2, 0) is 17.6 Å². The Bertz CT molecular complexity index is 1330. The third kappa shape index (κ3) is 6.79. The lowest BCUT2D eigenvalue weighted by Gasteiger charge is -2.16. The SMILES string of the molecule is CCOc1cc(/C=C(/C#N)C(=O)Nc2ccccc2C(F)(F)F)cc(I)c1OCc1ccccc1C. The number of carbonyl (C=O) groups is 1. The first-order valence-corrected chi connectivity index (χ1v) is 11.9. The summed E-state index contributed by atoms with van der Waals surface area (Å²) in [5.74, 6) is -0.0219. The lowest BCUT2D eigenvalue weighted by Crippen LogP contribution is -2.17. The van der Waals surface area contributed by atoms with Gasteiger partial charge in [0, 0.05) is 0 Å². The predicted molar refractivity (Wildman–Crippen MR) is 140 cm³/mol. The molecule has 3 aromatic rings. The Balaban J connectivity index is 1.89. The summed E-state index contributed by atoms with van der Waals surface area (Å²) in [5, 5.41) is 11.7. The smallest absolute Gasteiger partial charge is 0.418 e. The molecule has 1 N–H and O–H groups in total. The van der Waals surface area contributed by atoms with Crippen molar-refractivity contribution in [2.24, 2.45) is 0 Å². The number of amides is 1. The molecule has 0 heterocycles. The average Bonchev–Trinajstić information content (AvgIpc) is 2.83. The van der Waals surface area contributed by atoms with Gasteiger partial charge in [-0.3, -0.25) is 4.79 Å². The molecule has 0 aliphatic carbocycles. The minimum Gasteiger partial charge on any atom is -0.490 e. The van der Waals surface area contributed by atoms with E-state index in [1.54, 1.807) is 18.2 Å². The molecule has 0 saturated heterocycles. The van der Waals surface area contributed by atoms with Crippen LogP contribution in [0.1, 0.15) is 29.2 Å². The number of halogens is 4. The second kappa shape index (κ2) is 11.9. The number of hydrogen-bond donors (Lipinski definition) is 1. The van der Waals surface area contributed by atoms with Crippen molar-refractivity contribution in [3.8, 4) is 17.6 Å². The zero-order valence-corrected chi connectivity index (χ0v) is 21.6. The Morgan fingerprint density at radius 1 is 1.11 bits per heavy atom. The highest BCUT2D eigenvalue weighted by Gasteiger charge is 2.33. The molecule has 0 spiro atoms. The summed E-state index contributed by atoms with van der Waals surface area (Å²) in [6.45, 7) is 4.47. The molecule has 5 nitrogen and oxygen atoms in total. The molecule has 0 radical (unpaired) electrons. The molecule has 0 atom stereocenters. The molecule has 0 fully saturated rings. The van der Waals surface area contributed by atoms with Crippen LogP contribution in [0.15, 0.2) is 66.2 Å². The van der Waals surface area contributed by atoms with Crippen LogP contribution in [0.2, 0.25) is 0 Å². The summed E-state index contributed by atoms with van der Waals surface area (Å²) in [7, 11) is 0. The number of aryl methyl sites for hydroxylation is 1. The van der Waals surface area contributed by atoms with Crippen molar-refractivity contribution in [3.63, 3.8) is 0 Å². The first-order chi connectivity index (χ1) is 17.1. The van der Waals surface area contributed by atoms with Crippen molar-refractivity contribution in [2.45, 2.75) is 26.6 Å². The average molecular weight is 606 g/mol. The molecule has 0 aromatic heterocycles. The van der Waals surface area contributed by atoms with E-state index in [0.29, 0.717) is 33.8 Å². The highest BCUT2D eigenvalue weighted by atomic mass is 127. The predicted octanol–water partition coefficient (Wildman–Crippen LogP) is 7.14. The number of para-hydroxylation sites is 1. The first-order valence-electron chi connectivity index (χ1n) is 10.9. The maximum atomic E-state index is 13.3. The number of nitrogens with zero attached hydrogens (tertiary/aromatic N) is 1. The molecule has 3 rings (SSSR count). The van der Waals surface area contributed by atoms with Crippen LogP contribution in [-0.4, -0.2) is 12.5 Å². The van der Waals surface area contributed by atoms with Crippen molar-refractivity contribution in [3.05, 3.63) is 92.1 Å². The molecule has 0 saturated carbocycles. The van der Waals surface area contributed by atoms with E-state index in [1.807, 2.05) is 38.1 Å². The number of anilines is 1. The van der Waals surface area contributed by atoms with Gasteiger partial charge >= 0.3 is 6.18 Å². The van der Waals surface area contributed by atoms with E-state index in [4.69, 9.17) is 9.47 Å². The fourth-order valence-corrected chi connectivity index (χ4v) is 4.12. The van der Waals surface area contributed by atoms with Crippen molar-refractivity contribution >= 4 is 40.3 Å². The molecule has 0 aliphatic rings. The molecule has 0 unspecified atom stereocenters. The molecule has 9 heteroatoms. The van der Waals surface area contributed by atoms with E-state index < -0.39 is 23.3 Å². The van der Waals surface area contributed by atoms with Gasteiger partial charge in [-0.2, -0.15) is 18.4 Å². The lowest BCUT2D eigenvalue weighted by atomic mass is 10.1. The van der Waals surface area contributed by atoms with E-state index in [1.165, 1.54) is 18.2 Å². The third-order valence-electron chi connectivity index (χ3n) is 5.12. The highest BCUT2D eigenvalue weighted by molar-refractivity contribution is 14.1. The minimum absolute atomic E-state index is 0.322. The summed E-state index contributed by atoms with van der Waals surface area (Å²) in [6.07, 6.45) is -3.36. The Labute approximate surface area is 220 Å². The van der Waals surface area contributed by atoms with Crippen molar-refractivity contribution in [1.82, 2.24) is 0 Å². The molecular formula is C27H22F3IN2O3. The van der Waals surface area contributed by atoms with E-state index in [2.05, 4.69) is 27.9 Å². The van der Waals surface area contributed by atoms with Crippen LogP contribution < -0.4 is 14.8 Å². The van der Waals surface area contributed by atoms with Crippen LogP contribution in [0, 0.1) is 21.8 Å². The number of nitrogens with one attached hydrogen (secondary N) is 1. The monoisotopic (exact) mass is 606 g/mol. The summed E-state index contributed by atoms with van der Waals surface area (Å²) in [4.78, 5) is 12.7. The second-order valence-corrected chi connectivity index (χ2v) is 8.81. The molecular weight excluding hydrogens is 584 g/mol. The zero-order chi connectivity index (χ0) is 26.3. The van der Waals surface area contributed by atoms with Gasteiger partial charge < -0.3 is 14.8 Å². The standard InChI is InChI=1S/C27H22F3IN2O3/c1-3-35-24-14-18(13-22(31)25(24)36-16-19-9-5-4-8-17(19)2)12-20(15-32)26(34)33-23-11-7-6-10-21(23)27(28,29)30/h4-14H,3,16H2,1-2H3,(H,33,34)/b20-12-. The largest absolute Gasteiger partial charge is 0.490 e. The van der Waals surface area contributed by atoms with Crippen molar-refractivity contribution in [2.75, 3.05) is 11.9 Å². The lowest BCUT2D eigenvalue weighted by molar-refractivity contribution is -0.137. The number of hydrogen-bond acceptors (Lipinski definition) is 4.